The van der Waals surface area contributed by atoms with Gasteiger partial charge in [0, 0.05) is 22.7 Å². The molecule has 1 fully saturated rings. The molecular formula is C12H15F3N2S. The number of benzene rings is 1. The number of rotatable bonds is 2. The number of halogens is 3. The maximum absolute atomic E-state index is 12.2. The lowest BCUT2D eigenvalue weighted by Gasteiger charge is -2.20. The summed E-state index contributed by atoms with van der Waals surface area (Å²) in [6.45, 7) is 5.76. The highest BCUT2D eigenvalue weighted by atomic mass is 32.2. The highest BCUT2D eigenvalue weighted by Crippen LogP contribution is 2.37. The fourth-order valence-corrected chi connectivity index (χ4v) is 2.48. The molecule has 2 rings (SSSR count). The maximum atomic E-state index is 12.2. The number of thioether (sulfide) groups is 1. The van der Waals surface area contributed by atoms with Crippen LogP contribution in [0.3, 0.4) is 0 Å². The third kappa shape index (κ3) is 3.55. The van der Waals surface area contributed by atoms with Gasteiger partial charge in [0.15, 0.2) is 0 Å². The number of nitrogens with zero attached hydrogens (tertiary/aromatic N) is 1. The normalized spacial score (nSPS) is 19.3. The van der Waals surface area contributed by atoms with Crippen molar-refractivity contribution < 1.29 is 13.2 Å². The second kappa shape index (κ2) is 4.66. The van der Waals surface area contributed by atoms with Crippen molar-refractivity contribution in [2.45, 2.75) is 29.8 Å². The Morgan fingerprint density at radius 3 is 2.28 bits per heavy atom. The molecule has 0 bridgehead atoms. The zero-order chi connectivity index (χ0) is 13.4. The molecule has 2 nitrogen and oxygen atoms in total. The van der Waals surface area contributed by atoms with Gasteiger partial charge in [-0.05, 0) is 49.9 Å². The van der Waals surface area contributed by atoms with E-state index < -0.39 is 5.51 Å². The summed E-state index contributed by atoms with van der Waals surface area (Å²) in [6, 6.07) is 6.49. The molecule has 100 valence electrons. The highest BCUT2D eigenvalue weighted by Gasteiger charge is 2.30. The third-order valence-corrected chi connectivity index (χ3v) is 3.51. The third-order valence-electron chi connectivity index (χ3n) is 2.77. The monoisotopic (exact) mass is 276 g/mol. The minimum Gasteiger partial charge on any atom is -0.357 e. The van der Waals surface area contributed by atoms with Crippen LogP contribution < -0.4 is 10.2 Å². The molecule has 1 saturated heterocycles. The van der Waals surface area contributed by atoms with Gasteiger partial charge in [0.2, 0.25) is 0 Å². The summed E-state index contributed by atoms with van der Waals surface area (Å²) in [5.74, 6) is 0. The van der Waals surface area contributed by atoms with Crippen molar-refractivity contribution in [2.75, 3.05) is 18.1 Å². The molecule has 0 aliphatic carbocycles. The topological polar surface area (TPSA) is 15.3 Å². The molecule has 1 N–H and O–H groups in total. The van der Waals surface area contributed by atoms with Crippen LogP contribution in [0.1, 0.15) is 13.8 Å². The summed E-state index contributed by atoms with van der Waals surface area (Å²) in [5.41, 5.74) is -3.24. The van der Waals surface area contributed by atoms with Crippen molar-refractivity contribution in [1.82, 2.24) is 5.32 Å². The van der Waals surface area contributed by atoms with Gasteiger partial charge in [-0.2, -0.15) is 13.2 Å². The highest BCUT2D eigenvalue weighted by molar-refractivity contribution is 8.00. The Hall–Kier alpha value is -0.880. The molecule has 0 amide bonds. The summed E-state index contributed by atoms with van der Waals surface area (Å²) in [4.78, 5) is 2.33. The zero-order valence-electron chi connectivity index (χ0n) is 10.2. The SMILES string of the molecule is CC1(C)CN(c2ccc(SC(F)(F)F)cc2)CN1. The predicted octanol–water partition coefficient (Wildman–Crippen LogP) is 3.44. The van der Waals surface area contributed by atoms with E-state index in [1.54, 1.807) is 12.1 Å². The van der Waals surface area contributed by atoms with E-state index >= 15 is 0 Å². The Balaban J connectivity index is 2.05. The van der Waals surface area contributed by atoms with Gasteiger partial charge in [0.1, 0.15) is 0 Å². The summed E-state index contributed by atoms with van der Waals surface area (Å²) in [7, 11) is 0. The van der Waals surface area contributed by atoms with Crippen LogP contribution in [0.2, 0.25) is 0 Å². The minimum atomic E-state index is -4.22. The predicted molar refractivity (Wildman–Crippen MR) is 67.8 cm³/mol. The van der Waals surface area contributed by atoms with Gasteiger partial charge in [0.25, 0.3) is 0 Å². The van der Waals surface area contributed by atoms with Crippen molar-refractivity contribution in [3.05, 3.63) is 24.3 Å². The maximum Gasteiger partial charge on any atom is 0.446 e. The lowest BCUT2D eigenvalue weighted by Crippen LogP contribution is -2.34. The summed E-state index contributed by atoms with van der Waals surface area (Å²) in [6.07, 6.45) is 0. The smallest absolute Gasteiger partial charge is 0.357 e. The first-order valence-corrected chi connectivity index (χ1v) is 6.43. The van der Waals surface area contributed by atoms with E-state index in [-0.39, 0.29) is 22.2 Å². The van der Waals surface area contributed by atoms with Crippen molar-refractivity contribution in [3.8, 4) is 0 Å². The molecule has 0 spiro atoms. The van der Waals surface area contributed by atoms with Crippen LogP contribution in [0.5, 0.6) is 0 Å². The number of hydrogen-bond donors (Lipinski definition) is 1. The Kier molecular flexibility index (Phi) is 3.51. The fraction of sp³-hybridized carbons (Fsp3) is 0.500. The number of anilines is 1. The Morgan fingerprint density at radius 2 is 1.83 bits per heavy atom. The average Bonchev–Trinajstić information content (AvgIpc) is 2.57. The first kappa shape index (κ1) is 13.5. The van der Waals surface area contributed by atoms with Crippen LogP contribution in [-0.2, 0) is 0 Å². The van der Waals surface area contributed by atoms with Crippen LogP contribution in [0, 0.1) is 0 Å². The molecular weight excluding hydrogens is 261 g/mol. The van der Waals surface area contributed by atoms with Crippen LogP contribution in [0.15, 0.2) is 29.2 Å². The molecule has 0 unspecified atom stereocenters. The molecule has 0 atom stereocenters. The summed E-state index contributed by atoms with van der Waals surface area (Å²) >= 11 is -0.0824. The Labute approximate surface area is 109 Å². The molecule has 1 heterocycles. The van der Waals surface area contributed by atoms with E-state index in [0.717, 1.165) is 18.9 Å². The van der Waals surface area contributed by atoms with Gasteiger partial charge >= 0.3 is 5.51 Å². The van der Waals surface area contributed by atoms with E-state index in [2.05, 4.69) is 24.1 Å². The molecule has 0 aromatic heterocycles. The lowest BCUT2D eigenvalue weighted by atomic mass is 10.1. The molecule has 1 aliphatic heterocycles. The summed E-state index contributed by atoms with van der Waals surface area (Å²) in [5, 5.41) is 3.34. The second-order valence-electron chi connectivity index (χ2n) is 4.96. The largest absolute Gasteiger partial charge is 0.446 e. The van der Waals surface area contributed by atoms with Crippen LogP contribution in [0.25, 0.3) is 0 Å². The van der Waals surface area contributed by atoms with Crippen molar-refractivity contribution in [1.29, 1.82) is 0 Å². The van der Waals surface area contributed by atoms with Crippen molar-refractivity contribution >= 4 is 17.4 Å². The first-order valence-electron chi connectivity index (χ1n) is 5.61. The standard InChI is InChI=1S/C12H15F3N2S/c1-11(2)7-17(8-16-11)9-3-5-10(6-4-9)18-12(13,14)15/h3-6,16H,7-8H2,1-2H3. The fourth-order valence-electron chi connectivity index (χ4n) is 1.94. The van der Waals surface area contributed by atoms with Gasteiger partial charge in [-0.25, -0.2) is 0 Å². The molecule has 0 radical (unpaired) electrons. The molecule has 1 aromatic rings. The van der Waals surface area contributed by atoms with E-state index in [1.165, 1.54) is 12.1 Å². The van der Waals surface area contributed by atoms with E-state index in [9.17, 15) is 13.2 Å². The lowest BCUT2D eigenvalue weighted by molar-refractivity contribution is -0.0328. The van der Waals surface area contributed by atoms with Gasteiger partial charge in [0.05, 0.1) is 6.67 Å². The van der Waals surface area contributed by atoms with E-state index in [0.29, 0.717) is 0 Å². The average molecular weight is 276 g/mol. The van der Waals surface area contributed by atoms with Crippen LogP contribution in [0.4, 0.5) is 18.9 Å². The van der Waals surface area contributed by atoms with Gasteiger partial charge in [-0.15, -0.1) is 0 Å². The van der Waals surface area contributed by atoms with E-state index in [4.69, 9.17) is 0 Å². The number of hydrogen-bond acceptors (Lipinski definition) is 3. The molecule has 18 heavy (non-hydrogen) atoms. The molecule has 0 saturated carbocycles. The van der Waals surface area contributed by atoms with Crippen LogP contribution in [-0.4, -0.2) is 24.3 Å². The Bertz CT molecular complexity index is 414. The first-order chi connectivity index (χ1) is 8.25. The van der Waals surface area contributed by atoms with Gasteiger partial charge < -0.3 is 4.90 Å². The molecule has 1 aliphatic rings. The molecule has 1 aromatic carbocycles. The van der Waals surface area contributed by atoms with Crippen molar-refractivity contribution in [3.63, 3.8) is 0 Å². The van der Waals surface area contributed by atoms with Crippen molar-refractivity contribution in [2.24, 2.45) is 0 Å². The quantitative estimate of drug-likeness (QED) is 0.833. The zero-order valence-corrected chi connectivity index (χ0v) is 11.0. The second-order valence-corrected chi connectivity index (χ2v) is 6.10. The number of nitrogens with one attached hydrogen (secondary N) is 1. The minimum absolute atomic E-state index is 0.0411. The van der Waals surface area contributed by atoms with Gasteiger partial charge in [-0.3, -0.25) is 5.32 Å². The number of alkyl halides is 3. The molecule has 6 heteroatoms. The Morgan fingerprint density at radius 1 is 1.22 bits per heavy atom. The van der Waals surface area contributed by atoms with Gasteiger partial charge in [-0.1, -0.05) is 0 Å². The van der Waals surface area contributed by atoms with Crippen LogP contribution >= 0.6 is 11.8 Å². The summed E-state index contributed by atoms with van der Waals surface area (Å²) < 4.78 is 36.6. The van der Waals surface area contributed by atoms with E-state index in [1.807, 2.05) is 0 Å².